The van der Waals surface area contributed by atoms with E-state index in [4.69, 9.17) is 5.11 Å². The van der Waals surface area contributed by atoms with Gasteiger partial charge in [-0.1, -0.05) is 0 Å². The minimum absolute atomic E-state index is 0.0258. The monoisotopic (exact) mass is 155 g/mol. The lowest BCUT2D eigenvalue weighted by Gasteiger charge is -2.45. The van der Waals surface area contributed by atoms with Gasteiger partial charge in [-0.15, -0.1) is 0 Å². The van der Waals surface area contributed by atoms with Crippen LogP contribution in [0, 0.1) is 17.8 Å². The minimum atomic E-state index is -0.590. The van der Waals surface area contributed by atoms with Crippen LogP contribution in [0.3, 0.4) is 0 Å². The Labute approximate surface area is 65.8 Å². The molecule has 1 saturated heterocycles. The molecule has 0 aromatic rings. The predicted molar refractivity (Wildman–Crippen MR) is 40.2 cm³/mol. The highest BCUT2D eigenvalue weighted by molar-refractivity contribution is 5.71. The SMILES string of the molecule is O=C(O)C1CC2CNCCC21. The Hall–Kier alpha value is -0.570. The molecule has 0 amide bonds. The van der Waals surface area contributed by atoms with Gasteiger partial charge in [0, 0.05) is 0 Å². The second kappa shape index (κ2) is 2.48. The van der Waals surface area contributed by atoms with E-state index in [2.05, 4.69) is 5.32 Å². The van der Waals surface area contributed by atoms with Gasteiger partial charge in [0.25, 0.3) is 0 Å². The van der Waals surface area contributed by atoms with Crippen molar-refractivity contribution in [1.29, 1.82) is 0 Å². The number of nitrogens with one attached hydrogen (secondary N) is 1. The first-order valence-corrected chi connectivity index (χ1v) is 4.22. The number of carboxylic acid groups (broad SMARTS) is 1. The molecule has 1 heterocycles. The summed E-state index contributed by atoms with van der Waals surface area (Å²) in [4.78, 5) is 10.6. The van der Waals surface area contributed by atoms with Crippen LogP contribution in [0.15, 0.2) is 0 Å². The van der Waals surface area contributed by atoms with E-state index in [1.54, 1.807) is 0 Å². The number of piperidine rings is 1. The topological polar surface area (TPSA) is 49.3 Å². The first-order chi connectivity index (χ1) is 5.29. The summed E-state index contributed by atoms with van der Waals surface area (Å²) in [5.41, 5.74) is 0. The van der Waals surface area contributed by atoms with Crippen LogP contribution in [0.25, 0.3) is 0 Å². The molecule has 2 aliphatic rings. The number of aliphatic carboxylic acids is 1. The van der Waals surface area contributed by atoms with E-state index in [1.165, 1.54) is 0 Å². The Morgan fingerprint density at radius 1 is 1.55 bits per heavy atom. The molecule has 0 radical (unpaired) electrons. The lowest BCUT2D eigenvalue weighted by atomic mass is 9.62. The summed E-state index contributed by atoms with van der Waals surface area (Å²) < 4.78 is 0. The number of carbonyl (C=O) groups is 1. The largest absolute Gasteiger partial charge is 0.481 e. The summed E-state index contributed by atoms with van der Waals surface area (Å²) in [6, 6.07) is 0. The number of hydrogen-bond donors (Lipinski definition) is 2. The van der Waals surface area contributed by atoms with Crippen LogP contribution >= 0.6 is 0 Å². The van der Waals surface area contributed by atoms with E-state index in [-0.39, 0.29) is 5.92 Å². The van der Waals surface area contributed by atoms with Crippen LogP contribution in [0.1, 0.15) is 12.8 Å². The first-order valence-electron chi connectivity index (χ1n) is 4.22. The highest BCUT2D eigenvalue weighted by Crippen LogP contribution is 2.43. The summed E-state index contributed by atoms with van der Waals surface area (Å²) in [5.74, 6) is 0.522. The molecule has 1 saturated carbocycles. The third kappa shape index (κ3) is 1.03. The number of rotatable bonds is 1. The lowest BCUT2D eigenvalue weighted by molar-refractivity contribution is -0.152. The summed E-state index contributed by atoms with van der Waals surface area (Å²) in [7, 11) is 0. The van der Waals surface area contributed by atoms with Gasteiger partial charge in [0.1, 0.15) is 0 Å². The second-order valence-electron chi connectivity index (χ2n) is 3.60. The van der Waals surface area contributed by atoms with Crippen molar-refractivity contribution in [3.05, 3.63) is 0 Å². The number of hydrogen-bond acceptors (Lipinski definition) is 2. The van der Waals surface area contributed by atoms with Crippen molar-refractivity contribution >= 4 is 5.97 Å². The van der Waals surface area contributed by atoms with Crippen molar-refractivity contribution < 1.29 is 9.90 Å². The van der Waals surface area contributed by atoms with Crippen molar-refractivity contribution in [2.24, 2.45) is 17.8 Å². The van der Waals surface area contributed by atoms with E-state index in [9.17, 15) is 4.79 Å². The average Bonchev–Trinajstić information content (AvgIpc) is 1.90. The summed E-state index contributed by atoms with van der Waals surface area (Å²) in [5, 5.41) is 12.0. The zero-order valence-electron chi connectivity index (χ0n) is 6.42. The molecule has 0 aromatic carbocycles. The maximum Gasteiger partial charge on any atom is 0.306 e. The highest BCUT2D eigenvalue weighted by atomic mass is 16.4. The van der Waals surface area contributed by atoms with E-state index >= 15 is 0 Å². The summed E-state index contributed by atoms with van der Waals surface area (Å²) in [6.45, 7) is 2.04. The van der Waals surface area contributed by atoms with Gasteiger partial charge in [-0.05, 0) is 37.8 Å². The molecule has 0 aromatic heterocycles. The van der Waals surface area contributed by atoms with Crippen LogP contribution in [0.5, 0.6) is 0 Å². The molecule has 1 aliphatic heterocycles. The molecule has 3 unspecified atom stereocenters. The van der Waals surface area contributed by atoms with Gasteiger partial charge in [0.05, 0.1) is 5.92 Å². The van der Waals surface area contributed by atoms with Crippen molar-refractivity contribution in [3.8, 4) is 0 Å². The molecule has 0 bridgehead atoms. The Bertz CT molecular complexity index is 181. The van der Waals surface area contributed by atoms with Gasteiger partial charge >= 0.3 is 5.97 Å². The van der Waals surface area contributed by atoms with Crippen LogP contribution < -0.4 is 5.32 Å². The van der Waals surface area contributed by atoms with Crippen LogP contribution in [0.2, 0.25) is 0 Å². The van der Waals surface area contributed by atoms with Gasteiger partial charge < -0.3 is 10.4 Å². The zero-order chi connectivity index (χ0) is 7.84. The molecule has 1 aliphatic carbocycles. The highest BCUT2D eigenvalue weighted by Gasteiger charge is 2.45. The Balaban J connectivity index is 1.96. The smallest absolute Gasteiger partial charge is 0.306 e. The van der Waals surface area contributed by atoms with Gasteiger partial charge in [-0.25, -0.2) is 0 Å². The van der Waals surface area contributed by atoms with Crippen LogP contribution in [-0.2, 0) is 4.79 Å². The molecule has 3 atom stereocenters. The lowest BCUT2D eigenvalue weighted by Crippen LogP contribution is -2.50. The van der Waals surface area contributed by atoms with Crippen molar-refractivity contribution in [2.75, 3.05) is 13.1 Å². The Morgan fingerprint density at radius 2 is 2.36 bits per heavy atom. The Morgan fingerprint density at radius 3 is 3.00 bits per heavy atom. The normalized spacial score (nSPS) is 42.4. The number of carboxylic acids is 1. The van der Waals surface area contributed by atoms with Crippen LogP contribution in [-0.4, -0.2) is 24.2 Å². The second-order valence-corrected chi connectivity index (χ2v) is 3.60. The molecule has 11 heavy (non-hydrogen) atoms. The maximum absolute atomic E-state index is 10.6. The van der Waals surface area contributed by atoms with Crippen molar-refractivity contribution in [2.45, 2.75) is 12.8 Å². The molecule has 3 heteroatoms. The van der Waals surface area contributed by atoms with E-state index < -0.39 is 5.97 Å². The predicted octanol–water partition coefficient (Wildman–Crippen LogP) is 0.317. The first kappa shape index (κ1) is 7.10. The van der Waals surface area contributed by atoms with Crippen molar-refractivity contribution in [3.63, 3.8) is 0 Å². The van der Waals surface area contributed by atoms with E-state index in [1.807, 2.05) is 0 Å². The number of fused-ring (bicyclic) bond motifs is 1. The third-order valence-corrected chi connectivity index (χ3v) is 3.06. The Kier molecular flexibility index (Phi) is 1.60. The maximum atomic E-state index is 10.6. The summed E-state index contributed by atoms with van der Waals surface area (Å²) in [6.07, 6.45) is 1.95. The minimum Gasteiger partial charge on any atom is -0.481 e. The molecule has 0 spiro atoms. The van der Waals surface area contributed by atoms with Gasteiger partial charge in [-0.3, -0.25) is 4.79 Å². The van der Waals surface area contributed by atoms with E-state index in [0.29, 0.717) is 11.8 Å². The third-order valence-electron chi connectivity index (χ3n) is 3.06. The van der Waals surface area contributed by atoms with E-state index in [0.717, 1.165) is 25.9 Å². The molecule has 2 rings (SSSR count). The van der Waals surface area contributed by atoms with Gasteiger partial charge in [-0.2, -0.15) is 0 Å². The molecule has 2 fully saturated rings. The quantitative estimate of drug-likeness (QED) is 0.573. The standard InChI is InChI=1S/C8H13NO2/c10-8(11)7-3-5-4-9-2-1-6(5)7/h5-7,9H,1-4H2,(H,10,11). The van der Waals surface area contributed by atoms with Crippen molar-refractivity contribution in [1.82, 2.24) is 5.32 Å². The zero-order valence-corrected chi connectivity index (χ0v) is 6.42. The fraction of sp³-hybridized carbons (Fsp3) is 0.875. The molecular weight excluding hydrogens is 142 g/mol. The van der Waals surface area contributed by atoms with Crippen LogP contribution in [0.4, 0.5) is 0 Å². The molecule has 3 nitrogen and oxygen atoms in total. The van der Waals surface area contributed by atoms with Gasteiger partial charge in [0.15, 0.2) is 0 Å². The molecular formula is C8H13NO2. The fourth-order valence-corrected chi connectivity index (χ4v) is 2.32. The fourth-order valence-electron chi connectivity index (χ4n) is 2.32. The average molecular weight is 155 g/mol. The molecule has 2 N–H and O–H groups in total. The van der Waals surface area contributed by atoms with Gasteiger partial charge in [0.2, 0.25) is 0 Å². The molecule has 62 valence electrons. The summed E-state index contributed by atoms with van der Waals surface area (Å²) >= 11 is 0.